The second kappa shape index (κ2) is 4.01. The van der Waals surface area contributed by atoms with E-state index >= 15 is 0 Å². The summed E-state index contributed by atoms with van der Waals surface area (Å²) in [7, 11) is 0. The molecule has 1 aromatic carbocycles. The second-order valence-corrected chi connectivity index (χ2v) is 4.05. The van der Waals surface area contributed by atoms with Gasteiger partial charge in [-0.15, -0.1) is 0 Å². The Labute approximate surface area is 96.7 Å². The van der Waals surface area contributed by atoms with Crippen molar-refractivity contribution in [2.75, 3.05) is 0 Å². The summed E-state index contributed by atoms with van der Waals surface area (Å²) in [5.74, 6) is 0. The van der Waals surface area contributed by atoms with Crippen LogP contribution in [0, 0.1) is 13.8 Å². The molecule has 2 aromatic rings. The van der Waals surface area contributed by atoms with Gasteiger partial charge in [-0.25, -0.2) is 0 Å². The highest BCUT2D eigenvalue weighted by molar-refractivity contribution is 5.89. The minimum Gasteiger partial charge on any atom is -0.314 e. The van der Waals surface area contributed by atoms with Crippen molar-refractivity contribution in [1.29, 1.82) is 0 Å². The molecule has 0 saturated heterocycles. The van der Waals surface area contributed by atoms with Crippen LogP contribution in [0.15, 0.2) is 43.0 Å². The molecule has 0 radical (unpaired) electrons. The molecule has 0 aliphatic rings. The van der Waals surface area contributed by atoms with Crippen LogP contribution in [0.2, 0.25) is 0 Å². The molecule has 1 aromatic heterocycles. The molecule has 0 N–H and O–H groups in total. The number of fused-ring (bicyclic) bond motifs is 1. The Bertz CT molecular complexity index is 570. The Morgan fingerprint density at radius 1 is 1.25 bits per heavy atom. The van der Waals surface area contributed by atoms with Gasteiger partial charge < -0.3 is 4.57 Å². The zero-order valence-corrected chi connectivity index (χ0v) is 10.1. The molecule has 0 amide bonds. The van der Waals surface area contributed by atoms with E-state index in [-0.39, 0.29) is 0 Å². The Hall–Kier alpha value is -1.76. The van der Waals surface area contributed by atoms with Crippen molar-refractivity contribution in [1.82, 2.24) is 4.57 Å². The summed E-state index contributed by atoms with van der Waals surface area (Å²) in [6, 6.07) is 8.46. The highest BCUT2D eigenvalue weighted by atomic mass is 15.0. The third-order valence-electron chi connectivity index (χ3n) is 3.07. The van der Waals surface area contributed by atoms with Crippen molar-refractivity contribution in [3.8, 4) is 0 Å². The van der Waals surface area contributed by atoms with Crippen LogP contribution in [0.1, 0.15) is 18.2 Å². The fraction of sp³-hybridized carbons (Fsp3) is 0.200. The molecule has 0 saturated carbocycles. The third-order valence-corrected chi connectivity index (χ3v) is 3.07. The van der Waals surface area contributed by atoms with Crippen molar-refractivity contribution in [3.63, 3.8) is 0 Å². The van der Waals surface area contributed by atoms with Gasteiger partial charge >= 0.3 is 0 Å². The fourth-order valence-electron chi connectivity index (χ4n) is 2.17. The highest BCUT2D eigenvalue weighted by Gasteiger charge is 2.10. The number of allylic oxidation sites excluding steroid dienone is 3. The molecule has 0 spiro atoms. The predicted molar refractivity (Wildman–Crippen MR) is 71.6 cm³/mol. The maximum Gasteiger partial charge on any atom is 0.0533 e. The molecule has 1 nitrogen and oxygen atoms in total. The number of para-hydroxylation sites is 1. The van der Waals surface area contributed by atoms with E-state index in [0.29, 0.717) is 0 Å². The summed E-state index contributed by atoms with van der Waals surface area (Å²) in [5, 5.41) is 1.31. The van der Waals surface area contributed by atoms with E-state index in [1.165, 1.54) is 22.2 Å². The lowest BCUT2D eigenvalue weighted by atomic mass is 10.2. The van der Waals surface area contributed by atoms with E-state index in [2.05, 4.69) is 49.3 Å². The van der Waals surface area contributed by atoms with Crippen LogP contribution in [0.25, 0.3) is 16.6 Å². The standard InChI is InChI=1S/C15H17N/c1-5-8-11(2)16-13(4)12(3)14-9-6-7-10-15(14)16/h5-10H,2H2,1,3-4H3/b8-5-. The quantitative estimate of drug-likeness (QED) is 0.652. The molecule has 0 aliphatic carbocycles. The zero-order chi connectivity index (χ0) is 11.7. The first kappa shape index (κ1) is 10.7. The first-order valence-corrected chi connectivity index (χ1v) is 5.55. The third kappa shape index (κ3) is 1.49. The molecule has 0 atom stereocenters. The van der Waals surface area contributed by atoms with Gasteiger partial charge in [-0.2, -0.15) is 0 Å². The van der Waals surface area contributed by atoms with Crippen LogP contribution in [0.5, 0.6) is 0 Å². The normalized spacial score (nSPS) is 11.4. The SMILES string of the molecule is C=C(/C=C\C)n1c(C)c(C)c2ccccc21. The van der Waals surface area contributed by atoms with E-state index in [1.54, 1.807) is 0 Å². The number of nitrogens with zero attached hydrogens (tertiary/aromatic N) is 1. The molecular weight excluding hydrogens is 194 g/mol. The first-order chi connectivity index (χ1) is 7.66. The van der Waals surface area contributed by atoms with Crippen molar-refractivity contribution in [2.24, 2.45) is 0 Å². The number of aromatic nitrogens is 1. The monoisotopic (exact) mass is 211 g/mol. The number of benzene rings is 1. The van der Waals surface area contributed by atoms with Crippen LogP contribution in [-0.4, -0.2) is 4.57 Å². The van der Waals surface area contributed by atoms with Crippen molar-refractivity contribution < 1.29 is 0 Å². The van der Waals surface area contributed by atoms with Gasteiger partial charge in [0.25, 0.3) is 0 Å². The summed E-state index contributed by atoms with van der Waals surface area (Å²) < 4.78 is 2.21. The summed E-state index contributed by atoms with van der Waals surface area (Å²) in [6.07, 6.45) is 4.06. The fourth-order valence-corrected chi connectivity index (χ4v) is 2.17. The Morgan fingerprint density at radius 3 is 2.62 bits per heavy atom. The Balaban J connectivity index is 2.78. The molecule has 16 heavy (non-hydrogen) atoms. The summed E-state index contributed by atoms with van der Waals surface area (Å²) in [6.45, 7) is 10.4. The highest BCUT2D eigenvalue weighted by Crippen LogP contribution is 2.27. The molecule has 0 unspecified atom stereocenters. The number of aryl methyl sites for hydroxylation is 1. The van der Waals surface area contributed by atoms with Gasteiger partial charge in [0.1, 0.15) is 0 Å². The molecule has 82 valence electrons. The molecule has 0 bridgehead atoms. The van der Waals surface area contributed by atoms with Gasteiger partial charge in [0, 0.05) is 16.8 Å². The van der Waals surface area contributed by atoms with Crippen LogP contribution >= 0.6 is 0 Å². The minimum absolute atomic E-state index is 1.02. The van der Waals surface area contributed by atoms with E-state index in [0.717, 1.165) is 5.70 Å². The van der Waals surface area contributed by atoms with Crippen LogP contribution in [0.4, 0.5) is 0 Å². The molecular formula is C15H17N. The van der Waals surface area contributed by atoms with E-state index in [9.17, 15) is 0 Å². The molecule has 1 heterocycles. The summed E-state index contributed by atoms with van der Waals surface area (Å²) >= 11 is 0. The molecule has 1 heteroatoms. The average Bonchev–Trinajstić information content (AvgIpc) is 2.53. The van der Waals surface area contributed by atoms with Crippen molar-refractivity contribution in [3.05, 3.63) is 54.3 Å². The number of hydrogen-bond acceptors (Lipinski definition) is 0. The topological polar surface area (TPSA) is 4.93 Å². The second-order valence-electron chi connectivity index (χ2n) is 4.05. The van der Waals surface area contributed by atoms with Gasteiger partial charge in [0.2, 0.25) is 0 Å². The lowest BCUT2D eigenvalue weighted by Gasteiger charge is -2.07. The molecule has 2 rings (SSSR count). The van der Waals surface area contributed by atoms with Gasteiger partial charge in [-0.3, -0.25) is 0 Å². The largest absolute Gasteiger partial charge is 0.314 e. The Morgan fingerprint density at radius 2 is 1.94 bits per heavy atom. The summed E-state index contributed by atoms with van der Waals surface area (Å²) in [5.41, 5.74) is 4.86. The predicted octanol–water partition coefficient (Wildman–Crippen LogP) is 4.30. The smallest absolute Gasteiger partial charge is 0.0533 e. The number of rotatable bonds is 2. The zero-order valence-electron chi connectivity index (χ0n) is 10.1. The van der Waals surface area contributed by atoms with Crippen molar-refractivity contribution in [2.45, 2.75) is 20.8 Å². The maximum absolute atomic E-state index is 4.12. The molecule has 0 aliphatic heterocycles. The van der Waals surface area contributed by atoms with Gasteiger partial charge in [-0.1, -0.05) is 30.9 Å². The van der Waals surface area contributed by atoms with Gasteiger partial charge in [0.15, 0.2) is 0 Å². The van der Waals surface area contributed by atoms with Gasteiger partial charge in [-0.05, 0) is 38.5 Å². The van der Waals surface area contributed by atoms with Crippen LogP contribution < -0.4 is 0 Å². The van der Waals surface area contributed by atoms with Gasteiger partial charge in [0.05, 0.1) is 5.52 Å². The lowest BCUT2D eigenvalue weighted by Crippen LogP contribution is -1.95. The average molecular weight is 211 g/mol. The maximum atomic E-state index is 4.12. The minimum atomic E-state index is 1.02. The Kier molecular flexibility index (Phi) is 2.69. The number of hydrogen-bond donors (Lipinski definition) is 0. The van der Waals surface area contributed by atoms with Crippen LogP contribution in [0.3, 0.4) is 0 Å². The van der Waals surface area contributed by atoms with Crippen molar-refractivity contribution >= 4 is 16.6 Å². The van der Waals surface area contributed by atoms with E-state index in [1.807, 2.05) is 19.1 Å². The lowest BCUT2D eigenvalue weighted by molar-refractivity contribution is 1.08. The first-order valence-electron chi connectivity index (χ1n) is 5.55. The van der Waals surface area contributed by atoms with E-state index < -0.39 is 0 Å². The van der Waals surface area contributed by atoms with E-state index in [4.69, 9.17) is 0 Å². The van der Waals surface area contributed by atoms with Crippen LogP contribution in [-0.2, 0) is 0 Å². The summed E-state index contributed by atoms with van der Waals surface area (Å²) in [4.78, 5) is 0. The molecule has 0 fully saturated rings.